The summed E-state index contributed by atoms with van der Waals surface area (Å²) in [5.74, 6) is 0.325. The van der Waals surface area contributed by atoms with Crippen molar-refractivity contribution in [3.05, 3.63) is 0 Å². The van der Waals surface area contributed by atoms with Crippen LogP contribution in [0.15, 0.2) is 5.10 Å². The van der Waals surface area contributed by atoms with Crippen molar-refractivity contribution in [3.8, 4) is 0 Å². The fourth-order valence-corrected chi connectivity index (χ4v) is 2.36. The summed E-state index contributed by atoms with van der Waals surface area (Å²) in [5, 5.41) is 6.22. The third-order valence-electron chi connectivity index (χ3n) is 3.20. The van der Waals surface area contributed by atoms with E-state index in [4.69, 9.17) is 0 Å². The Labute approximate surface area is 91.5 Å². The average Bonchev–Trinajstić information content (AvgIpc) is 2.36. The molecule has 0 radical (unpaired) electrons. The van der Waals surface area contributed by atoms with E-state index in [9.17, 15) is 4.79 Å². The largest absolute Gasteiger partial charge is 0.272 e. The van der Waals surface area contributed by atoms with Crippen LogP contribution in [0.2, 0.25) is 0 Å². The molecule has 0 aromatic heterocycles. The van der Waals surface area contributed by atoms with Gasteiger partial charge in [-0.15, -0.1) is 0 Å². The summed E-state index contributed by atoms with van der Waals surface area (Å²) in [6.07, 6.45) is 5.64. The predicted molar refractivity (Wildman–Crippen MR) is 60.6 cm³/mol. The highest BCUT2D eigenvalue weighted by molar-refractivity contribution is 6.08. The van der Waals surface area contributed by atoms with Crippen LogP contribution in [0.4, 0.5) is 0 Å². The number of fused-ring (bicyclic) bond motifs is 1. The monoisotopic (exact) mass is 208 g/mol. The van der Waals surface area contributed by atoms with E-state index in [1.807, 2.05) is 20.8 Å². The van der Waals surface area contributed by atoms with Gasteiger partial charge in [0.05, 0.1) is 17.2 Å². The first-order valence-corrected chi connectivity index (χ1v) is 5.91. The maximum absolute atomic E-state index is 12.2. The van der Waals surface area contributed by atoms with Crippen molar-refractivity contribution in [3.63, 3.8) is 0 Å². The number of hydrazone groups is 1. The number of amides is 1. The number of carbonyl (C=O) groups is 1. The molecule has 0 bridgehead atoms. The lowest BCUT2D eigenvalue weighted by molar-refractivity contribution is -0.136. The lowest BCUT2D eigenvalue weighted by atomic mass is 9.97. The zero-order chi connectivity index (χ0) is 11.1. The maximum atomic E-state index is 12.2. The summed E-state index contributed by atoms with van der Waals surface area (Å²) in [5.41, 5.74) is 0.962. The predicted octanol–water partition coefficient (Wildman–Crippen LogP) is 2.56. The van der Waals surface area contributed by atoms with E-state index in [-0.39, 0.29) is 17.4 Å². The Kier molecular flexibility index (Phi) is 2.57. The third kappa shape index (κ3) is 1.92. The normalized spacial score (nSPS) is 27.4. The molecule has 84 valence electrons. The Hall–Kier alpha value is -0.860. The van der Waals surface area contributed by atoms with Gasteiger partial charge in [-0.05, 0) is 40.0 Å². The molecule has 1 heterocycles. The van der Waals surface area contributed by atoms with Crippen molar-refractivity contribution in [2.75, 3.05) is 0 Å². The Bertz CT molecular complexity index is 301. The van der Waals surface area contributed by atoms with Gasteiger partial charge in [-0.3, -0.25) is 4.79 Å². The van der Waals surface area contributed by atoms with Crippen molar-refractivity contribution in [1.82, 2.24) is 5.01 Å². The van der Waals surface area contributed by atoms with Gasteiger partial charge >= 0.3 is 0 Å². The van der Waals surface area contributed by atoms with Gasteiger partial charge in [-0.2, -0.15) is 5.10 Å². The minimum absolute atomic E-state index is 0.103. The molecular formula is C12H20N2O. The lowest BCUT2D eigenvalue weighted by Crippen LogP contribution is -2.41. The molecule has 3 heteroatoms. The SMILES string of the molecule is CC(C)(C)N1N=C2CCCCCC2C1=O. The van der Waals surface area contributed by atoms with Gasteiger partial charge < -0.3 is 0 Å². The molecule has 0 spiro atoms. The summed E-state index contributed by atoms with van der Waals surface area (Å²) >= 11 is 0. The molecule has 1 unspecified atom stereocenters. The second kappa shape index (κ2) is 3.62. The van der Waals surface area contributed by atoms with E-state index in [1.54, 1.807) is 5.01 Å². The van der Waals surface area contributed by atoms with Crippen LogP contribution in [-0.4, -0.2) is 22.2 Å². The minimum atomic E-state index is -0.170. The minimum Gasteiger partial charge on any atom is -0.272 e. The van der Waals surface area contributed by atoms with Crippen LogP contribution < -0.4 is 0 Å². The average molecular weight is 208 g/mol. The number of nitrogens with zero attached hydrogens (tertiary/aromatic N) is 2. The van der Waals surface area contributed by atoms with Crippen LogP contribution in [0.25, 0.3) is 0 Å². The Morgan fingerprint density at radius 2 is 2.00 bits per heavy atom. The maximum Gasteiger partial charge on any atom is 0.252 e. The van der Waals surface area contributed by atoms with Crippen molar-refractivity contribution >= 4 is 11.6 Å². The van der Waals surface area contributed by atoms with Gasteiger partial charge in [0.15, 0.2) is 0 Å². The second-order valence-electron chi connectivity index (χ2n) is 5.56. The fourth-order valence-electron chi connectivity index (χ4n) is 2.36. The summed E-state index contributed by atoms with van der Waals surface area (Å²) in [6.45, 7) is 6.13. The van der Waals surface area contributed by atoms with Crippen molar-refractivity contribution < 1.29 is 4.79 Å². The molecule has 15 heavy (non-hydrogen) atoms. The zero-order valence-electron chi connectivity index (χ0n) is 9.92. The molecular weight excluding hydrogens is 188 g/mol. The van der Waals surface area contributed by atoms with Crippen LogP contribution in [-0.2, 0) is 4.79 Å². The van der Waals surface area contributed by atoms with Crippen LogP contribution >= 0.6 is 0 Å². The quantitative estimate of drug-likeness (QED) is 0.602. The molecule has 2 aliphatic rings. The van der Waals surface area contributed by atoms with E-state index in [2.05, 4.69) is 5.10 Å². The lowest BCUT2D eigenvalue weighted by Gasteiger charge is -2.28. The fraction of sp³-hybridized carbons (Fsp3) is 0.833. The van der Waals surface area contributed by atoms with Crippen LogP contribution in [0.1, 0.15) is 52.9 Å². The third-order valence-corrected chi connectivity index (χ3v) is 3.20. The first kappa shape index (κ1) is 10.7. The molecule has 2 rings (SSSR count). The van der Waals surface area contributed by atoms with Gasteiger partial charge in [0, 0.05) is 0 Å². The first-order chi connectivity index (χ1) is 7.00. The number of rotatable bonds is 0. The Morgan fingerprint density at radius 3 is 2.67 bits per heavy atom. The summed E-state index contributed by atoms with van der Waals surface area (Å²) in [7, 11) is 0. The van der Waals surface area contributed by atoms with E-state index >= 15 is 0 Å². The highest BCUT2D eigenvalue weighted by Gasteiger charge is 2.40. The summed E-state index contributed by atoms with van der Waals surface area (Å²) in [6, 6.07) is 0. The molecule has 3 nitrogen and oxygen atoms in total. The smallest absolute Gasteiger partial charge is 0.252 e. The van der Waals surface area contributed by atoms with Crippen LogP contribution in [0.5, 0.6) is 0 Å². The molecule has 1 aliphatic carbocycles. The van der Waals surface area contributed by atoms with Crippen molar-refractivity contribution in [2.24, 2.45) is 11.0 Å². The Morgan fingerprint density at radius 1 is 1.27 bits per heavy atom. The van der Waals surface area contributed by atoms with Gasteiger partial charge in [-0.1, -0.05) is 12.8 Å². The van der Waals surface area contributed by atoms with Crippen LogP contribution in [0.3, 0.4) is 0 Å². The molecule has 1 aliphatic heterocycles. The summed E-state index contributed by atoms with van der Waals surface area (Å²) in [4.78, 5) is 12.2. The van der Waals surface area contributed by atoms with E-state index < -0.39 is 0 Å². The molecule has 0 aromatic rings. The number of hydrogen-bond acceptors (Lipinski definition) is 2. The molecule has 0 N–H and O–H groups in total. The van der Waals surface area contributed by atoms with Crippen molar-refractivity contribution in [2.45, 2.75) is 58.4 Å². The van der Waals surface area contributed by atoms with E-state index in [0.717, 1.165) is 18.6 Å². The summed E-state index contributed by atoms with van der Waals surface area (Å²) < 4.78 is 0. The number of hydrogen-bond donors (Lipinski definition) is 0. The van der Waals surface area contributed by atoms with Gasteiger partial charge in [-0.25, -0.2) is 5.01 Å². The van der Waals surface area contributed by atoms with Gasteiger partial charge in [0.1, 0.15) is 0 Å². The van der Waals surface area contributed by atoms with E-state index in [1.165, 1.54) is 19.3 Å². The van der Waals surface area contributed by atoms with Gasteiger partial charge in [0.2, 0.25) is 0 Å². The number of carbonyl (C=O) groups excluding carboxylic acids is 1. The van der Waals surface area contributed by atoms with Crippen molar-refractivity contribution in [1.29, 1.82) is 0 Å². The van der Waals surface area contributed by atoms with Crippen LogP contribution in [0, 0.1) is 5.92 Å². The first-order valence-electron chi connectivity index (χ1n) is 5.91. The second-order valence-corrected chi connectivity index (χ2v) is 5.56. The zero-order valence-corrected chi connectivity index (χ0v) is 9.92. The molecule has 1 fully saturated rings. The Balaban J connectivity index is 2.23. The van der Waals surface area contributed by atoms with Gasteiger partial charge in [0.25, 0.3) is 5.91 Å². The molecule has 1 saturated carbocycles. The molecule has 0 saturated heterocycles. The molecule has 1 amide bonds. The highest BCUT2D eigenvalue weighted by atomic mass is 16.2. The topological polar surface area (TPSA) is 32.7 Å². The highest BCUT2D eigenvalue weighted by Crippen LogP contribution is 2.31. The molecule has 1 atom stereocenters. The van der Waals surface area contributed by atoms with E-state index in [0.29, 0.717) is 0 Å². The standard InChI is InChI=1S/C12H20N2O/c1-12(2,3)14-11(15)9-7-5-4-6-8-10(9)13-14/h9H,4-8H2,1-3H3. The molecule has 0 aromatic carbocycles.